The summed E-state index contributed by atoms with van der Waals surface area (Å²) in [4.78, 5) is 12.5. The van der Waals surface area contributed by atoms with Crippen LogP contribution in [0.15, 0.2) is 17.1 Å². The maximum atomic E-state index is 13.0. The van der Waals surface area contributed by atoms with Crippen molar-refractivity contribution in [3.63, 3.8) is 0 Å². The van der Waals surface area contributed by atoms with Crippen molar-refractivity contribution in [2.45, 2.75) is 6.18 Å². The van der Waals surface area contributed by atoms with Crippen molar-refractivity contribution in [3.05, 3.63) is 33.6 Å². The number of isothiocyanates is 1. The number of thiocarbonyl (C=S) groups is 1. The Bertz CT molecular complexity index is 523. The summed E-state index contributed by atoms with van der Waals surface area (Å²) in [6.07, 6.45) is -4.97. The molecule has 1 rings (SSSR count). The van der Waals surface area contributed by atoms with Crippen molar-refractivity contribution in [2.24, 2.45) is 4.99 Å². The largest absolute Gasteiger partial charge is 0.419 e. The molecule has 0 aromatic heterocycles. The second-order valence-corrected chi connectivity index (χ2v) is 2.96. The number of nitro groups is 1. The molecule has 0 heterocycles. The van der Waals surface area contributed by atoms with Crippen LogP contribution in [0.25, 0.3) is 0 Å². The van der Waals surface area contributed by atoms with E-state index in [0.29, 0.717) is 0 Å². The molecule has 0 atom stereocenters. The van der Waals surface area contributed by atoms with Gasteiger partial charge in [-0.05, 0) is 18.3 Å². The molecule has 0 N–H and O–H groups in total. The number of halogens is 4. The highest BCUT2D eigenvalue weighted by Crippen LogP contribution is 2.38. The molecular weight excluding hydrogens is 264 g/mol. The molecular formula is C8H2F4N2O2S. The summed E-state index contributed by atoms with van der Waals surface area (Å²) in [6.45, 7) is 0. The van der Waals surface area contributed by atoms with Gasteiger partial charge in [0.05, 0.1) is 21.7 Å². The lowest BCUT2D eigenvalue weighted by molar-refractivity contribution is -0.384. The van der Waals surface area contributed by atoms with Gasteiger partial charge in [0.15, 0.2) is 5.69 Å². The SMILES string of the molecule is O=[N+]([O-])c1cc(F)c(C(F)(F)F)cc1N=C=S. The molecule has 0 bridgehead atoms. The molecule has 0 amide bonds. The molecule has 0 saturated carbocycles. The highest BCUT2D eigenvalue weighted by Gasteiger charge is 2.36. The predicted octanol–water partition coefficient (Wildman–Crippen LogP) is 3.49. The summed E-state index contributed by atoms with van der Waals surface area (Å²) >= 11 is 4.14. The summed E-state index contributed by atoms with van der Waals surface area (Å²) in [7, 11) is 0. The first-order valence-corrected chi connectivity index (χ1v) is 4.31. The fourth-order valence-corrected chi connectivity index (χ4v) is 1.15. The van der Waals surface area contributed by atoms with E-state index in [0.717, 1.165) is 0 Å². The number of alkyl halides is 3. The van der Waals surface area contributed by atoms with E-state index in [1.807, 2.05) is 0 Å². The van der Waals surface area contributed by atoms with Gasteiger partial charge in [0.1, 0.15) is 5.82 Å². The van der Waals surface area contributed by atoms with Crippen molar-refractivity contribution in [1.29, 1.82) is 0 Å². The van der Waals surface area contributed by atoms with E-state index in [2.05, 4.69) is 17.2 Å². The average Bonchev–Trinajstić information content (AvgIpc) is 2.18. The minimum absolute atomic E-state index is 0.147. The lowest BCUT2D eigenvalue weighted by atomic mass is 10.1. The highest BCUT2D eigenvalue weighted by atomic mass is 32.1. The molecule has 90 valence electrons. The Hall–Kier alpha value is -1.86. The van der Waals surface area contributed by atoms with Gasteiger partial charge in [-0.25, -0.2) is 4.39 Å². The first-order valence-electron chi connectivity index (χ1n) is 3.90. The number of hydrogen-bond acceptors (Lipinski definition) is 4. The number of rotatable bonds is 2. The maximum absolute atomic E-state index is 13.0. The van der Waals surface area contributed by atoms with E-state index in [9.17, 15) is 27.7 Å². The molecule has 0 aliphatic carbocycles. The lowest BCUT2D eigenvalue weighted by Crippen LogP contribution is -2.08. The molecule has 0 unspecified atom stereocenters. The number of benzene rings is 1. The molecule has 17 heavy (non-hydrogen) atoms. The summed E-state index contributed by atoms with van der Waals surface area (Å²) < 4.78 is 49.9. The fourth-order valence-electron chi connectivity index (χ4n) is 1.05. The number of aliphatic imine (C=N–C) groups is 1. The summed E-state index contributed by atoms with van der Waals surface area (Å²) in [5, 5.41) is 12.1. The van der Waals surface area contributed by atoms with Crippen molar-refractivity contribution in [1.82, 2.24) is 0 Å². The Balaban J connectivity index is 3.56. The van der Waals surface area contributed by atoms with Crippen LogP contribution in [0, 0.1) is 15.9 Å². The van der Waals surface area contributed by atoms with E-state index < -0.39 is 33.9 Å². The normalized spacial score (nSPS) is 10.8. The van der Waals surface area contributed by atoms with Crippen LogP contribution in [-0.4, -0.2) is 10.1 Å². The molecule has 1 aromatic rings. The minimum Gasteiger partial charge on any atom is -0.258 e. The van der Waals surface area contributed by atoms with Gasteiger partial charge in [0.2, 0.25) is 0 Å². The zero-order valence-corrected chi connectivity index (χ0v) is 8.60. The topological polar surface area (TPSA) is 55.5 Å². The number of nitro benzene ring substituents is 1. The number of nitrogens with zero attached hydrogens (tertiary/aromatic N) is 2. The van der Waals surface area contributed by atoms with Gasteiger partial charge in [-0.1, -0.05) is 0 Å². The second kappa shape index (κ2) is 4.56. The third kappa shape index (κ3) is 2.83. The van der Waals surface area contributed by atoms with Gasteiger partial charge in [0.25, 0.3) is 5.69 Å². The average molecular weight is 266 g/mol. The Labute approximate surface area is 96.7 Å². The Morgan fingerprint density at radius 1 is 1.41 bits per heavy atom. The van der Waals surface area contributed by atoms with Crippen LogP contribution >= 0.6 is 12.2 Å². The standard InChI is InChI=1S/C8H2F4N2O2S/c9-5-2-7(14(15)16)6(13-3-17)1-4(5)8(10,11)12/h1-2H. The highest BCUT2D eigenvalue weighted by molar-refractivity contribution is 7.78. The Morgan fingerprint density at radius 2 is 2.00 bits per heavy atom. The Kier molecular flexibility index (Phi) is 3.54. The zero-order chi connectivity index (χ0) is 13.2. The summed E-state index contributed by atoms with van der Waals surface area (Å²) in [6, 6.07) is 0.362. The summed E-state index contributed by atoms with van der Waals surface area (Å²) in [5.41, 5.74) is -3.25. The molecule has 1 aromatic carbocycles. The van der Waals surface area contributed by atoms with Crippen molar-refractivity contribution < 1.29 is 22.5 Å². The van der Waals surface area contributed by atoms with Gasteiger partial charge in [-0.2, -0.15) is 18.2 Å². The third-order valence-corrected chi connectivity index (χ3v) is 1.82. The molecule has 9 heteroatoms. The van der Waals surface area contributed by atoms with Crippen LogP contribution in [0.3, 0.4) is 0 Å². The minimum atomic E-state index is -4.97. The van der Waals surface area contributed by atoms with Gasteiger partial charge >= 0.3 is 6.18 Å². The molecule has 0 fully saturated rings. The van der Waals surface area contributed by atoms with E-state index in [1.165, 1.54) is 0 Å². The van der Waals surface area contributed by atoms with E-state index in [4.69, 9.17) is 0 Å². The smallest absolute Gasteiger partial charge is 0.258 e. The molecule has 0 radical (unpaired) electrons. The van der Waals surface area contributed by atoms with Crippen LogP contribution in [0.2, 0.25) is 0 Å². The van der Waals surface area contributed by atoms with Crippen LogP contribution in [0.5, 0.6) is 0 Å². The zero-order valence-electron chi connectivity index (χ0n) is 7.79. The van der Waals surface area contributed by atoms with Crippen molar-refractivity contribution in [3.8, 4) is 0 Å². The maximum Gasteiger partial charge on any atom is 0.419 e. The second-order valence-electron chi connectivity index (χ2n) is 2.78. The van der Waals surface area contributed by atoms with Crippen LogP contribution in [0.4, 0.5) is 28.9 Å². The molecule has 0 aliphatic rings. The monoisotopic (exact) mass is 266 g/mol. The molecule has 0 saturated heterocycles. The quantitative estimate of drug-likeness (QED) is 0.271. The van der Waals surface area contributed by atoms with Crippen LogP contribution in [-0.2, 0) is 6.18 Å². The van der Waals surface area contributed by atoms with Crippen LogP contribution in [0.1, 0.15) is 5.56 Å². The molecule has 4 nitrogen and oxygen atoms in total. The molecule has 0 aliphatic heterocycles. The van der Waals surface area contributed by atoms with Gasteiger partial charge in [-0.15, -0.1) is 0 Å². The van der Waals surface area contributed by atoms with Crippen molar-refractivity contribution in [2.75, 3.05) is 0 Å². The van der Waals surface area contributed by atoms with E-state index >= 15 is 0 Å². The third-order valence-electron chi connectivity index (χ3n) is 1.73. The van der Waals surface area contributed by atoms with Gasteiger partial charge in [-0.3, -0.25) is 10.1 Å². The van der Waals surface area contributed by atoms with Crippen LogP contribution < -0.4 is 0 Å². The first-order chi connectivity index (χ1) is 7.77. The van der Waals surface area contributed by atoms with Gasteiger partial charge < -0.3 is 0 Å². The first kappa shape index (κ1) is 13.2. The summed E-state index contributed by atoms with van der Waals surface area (Å²) in [5.74, 6) is -1.74. The Morgan fingerprint density at radius 3 is 2.41 bits per heavy atom. The number of hydrogen-bond donors (Lipinski definition) is 0. The fraction of sp³-hybridized carbons (Fsp3) is 0.125. The molecule has 0 spiro atoms. The lowest BCUT2D eigenvalue weighted by Gasteiger charge is -2.08. The van der Waals surface area contributed by atoms with E-state index in [1.54, 1.807) is 5.16 Å². The van der Waals surface area contributed by atoms with Gasteiger partial charge in [0, 0.05) is 0 Å². The van der Waals surface area contributed by atoms with Crippen molar-refractivity contribution >= 4 is 28.8 Å². The predicted molar refractivity (Wildman–Crippen MR) is 52.7 cm³/mol. The van der Waals surface area contributed by atoms with E-state index in [-0.39, 0.29) is 12.1 Å².